The van der Waals surface area contributed by atoms with Crippen LogP contribution in [0.1, 0.15) is 52.4 Å². The highest BCUT2D eigenvalue weighted by atomic mass is 16.3. The topological polar surface area (TPSA) is 96.3 Å². The van der Waals surface area contributed by atoms with Crippen LogP contribution >= 0.6 is 0 Å². The van der Waals surface area contributed by atoms with E-state index in [2.05, 4.69) is 15.7 Å². The number of carbonyl (C=O) groups is 2. The Morgan fingerprint density at radius 1 is 1.16 bits per heavy atom. The summed E-state index contributed by atoms with van der Waals surface area (Å²) in [7, 11) is 0. The Labute approximate surface area is 185 Å². The normalized spacial score (nSPS) is 17.4. The highest BCUT2D eigenvalue weighted by Gasteiger charge is 2.37. The van der Waals surface area contributed by atoms with Gasteiger partial charge in [0.05, 0.1) is 6.20 Å². The van der Waals surface area contributed by atoms with Gasteiger partial charge in [-0.2, -0.15) is 5.10 Å². The van der Waals surface area contributed by atoms with E-state index in [1.807, 2.05) is 38.1 Å². The Hall–Kier alpha value is -3.87. The van der Waals surface area contributed by atoms with Crippen molar-refractivity contribution in [3.05, 3.63) is 82.2 Å². The van der Waals surface area contributed by atoms with Crippen LogP contribution in [0.15, 0.2) is 59.9 Å². The molecular weight excluding hydrogens is 404 g/mol. The van der Waals surface area contributed by atoms with Gasteiger partial charge in [-0.1, -0.05) is 18.2 Å². The third-order valence-corrected chi connectivity index (χ3v) is 6.23. The van der Waals surface area contributed by atoms with Crippen LogP contribution < -0.4 is 10.6 Å². The highest BCUT2D eigenvalue weighted by molar-refractivity contribution is 6.08. The van der Waals surface area contributed by atoms with E-state index in [4.69, 9.17) is 0 Å². The number of Topliss-reactive ketones (excluding diaryl/α,β-unsaturated/α-hetero) is 1. The smallest absolute Gasteiger partial charge is 0.261 e. The molecule has 3 aromatic rings. The molecule has 1 aromatic heterocycles. The van der Waals surface area contributed by atoms with Crippen LogP contribution in [0.5, 0.6) is 5.75 Å². The summed E-state index contributed by atoms with van der Waals surface area (Å²) in [4.78, 5) is 26.0. The molecule has 1 aliphatic heterocycles. The minimum atomic E-state index is -0.496. The number of fused-ring (bicyclic) bond motifs is 1. The monoisotopic (exact) mass is 428 g/mol. The SMILES string of the molecule is Cc1ccc(NC(=O)c2cnn3c2NC2=C(C(=O)CCC2)[C@H]3c2cccc(O)c2)cc1C. The summed E-state index contributed by atoms with van der Waals surface area (Å²) in [5.41, 5.74) is 5.59. The lowest BCUT2D eigenvalue weighted by atomic mass is 9.85. The highest BCUT2D eigenvalue weighted by Crippen LogP contribution is 2.42. The minimum Gasteiger partial charge on any atom is -0.508 e. The number of amides is 1. The van der Waals surface area contributed by atoms with Gasteiger partial charge in [-0.05, 0) is 67.6 Å². The van der Waals surface area contributed by atoms with E-state index in [0.717, 1.165) is 35.2 Å². The summed E-state index contributed by atoms with van der Waals surface area (Å²) >= 11 is 0. The fourth-order valence-corrected chi connectivity index (χ4v) is 4.45. The molecule has 0 saturated carbocycles. The molecule has 2 aromatic carbocycles. The van der Waals surface area contributed by atoms with Crippen molar-refractivity contribution in [2.24, 2.45) is 0 Å². The number of aryl methyl sites for hydroxylation is 2. The second kappa shape index (κ2) is 7.67. The third-order valence-electron chi connectivity index (χ3n) is 6.23. The van der Waals surface area contributed by atoms with Gasteiger partial charge in [0.25, 0.3) is 5.91 Å². The molecule has 0 radical (unpaired) electrons. The fraction of sp³-hybridized carbons (Fsp3) is 0.240. The lowest BCUT2D eigenvalue weighted by Gasteiger charge is -2.33. The number of nitrogens with one attached hydrogen (secondary N) is 2. The number of nitrogens with zero attached hydrogens (tertiary/aromatic N) is 2. The zero-order chi connectivity index (χ0) is 22.4. The summed E-state index contributed by atoms with van der Waals surface area (Å²) < 4.78 is 1.67. The number of phenolic OH excluding ortho intramolecular Hbond substituents is 1. The van der Waals surface area contributed by atoms with Gasteiger partial charge < -0.3 is 15.7 Å². The summed E-state index contributed by atoms with van der Waals surface area (Å²) in [5, 5.41) is 20.8. The maximum absolute atomic E-state index is 13.1. The van der Waals surface area contributed by atoms with Crippen LogP contribution in [0.3, 0.4) is 0 Å². The average molecular weight is 428 g/mol. The van der Waals surface area contributed by atoms with Crippen LogP contribution in [0, 0.1) is 13.8 Å². The van der Waals surface area contributed by atoms with Crippen LogP contribution in [0.4, 0.5) is 11.5 Å². The predicted octanol–water partition coefficient (Wildman–Crippen LogP) is 4.48. The van der Waals surface area contributed by atoms with Gasteiger partial charge in [0, 0.05) is 23.4 Å². The lowest BCUT2D eigenvalue weighted by molar-refractivity contribution is -0.116. The van der Waals surface area contributed by atoms with E-state index < -0.39 is 6.04 Å². The summed E-state index contributed by atoms with van der Waals surface area (Å²) in [5.74, 6) is 0.457. The van der Waals surface area contributed by atoms with Gasteiger partial charge in [-0.15, -0.1) is 0 Å². The van der Waals surface area contributed by atoms with Crippen LogP contribution in [0.2, 0.25) is 0 Å². The Bertz CT molecular complexity index is 1290. The second-order valence-electron chi connectivity index (χ2n) is 8.40. The summed E-state index contributed by atoms with van der Waals surface area (Å²) in [6, 6.07) is 12.1. The molecule has 1 amide bonds. The lowest BCUT2D eigenvalue weighted by Crippen LogP contribution is -2.32. The fourth-order valence-electron chi connectivity index (χ4n) is 4.45. The summed E-state index contributed by atoms with van der Waals surface area (Å²) in [6.07, 6.45) is 3.49. The third kappa shape index (κ3) is 3.36. The van der Waals surface area contributed by atoms with Crippen LogP contribution in [0.25, 0.3) is 0 Å². The van der Waals surface area contributed by atoms with Gasteiger partial charge in [-0.3, -0.25) is 9.59 Å². The molecule has 1 atom stereocenters. The number of carbonyl (C=O) groups excluding carboxylic acids is 2. The predicted molar refractivity (Wildman–Crippen MR) is 122 cm³/mol. The maximum atomic E-state index is 13.1. The summed E-state index contributed by atoms with van der Waals surface area (Å²) in [6.45, 7) is 4.03. The van der Waals surface area contributed by atoms with Crippen molar-refractivity contribution in [2.45, 2.75) is 39.2 Å². The van der Waals surface area contributed by atoms with Crippen molar-refractivity contribution in [3.63, 3.8) is 0 Å². The molecule has 3 N–H and O–H groups in total. The molecule has 5 rings (SSSR count). The number of allylic oxidation sites excluding steroid dienone is 2. The molecule has 0 spiro atoms. The molecule has 32 heavy (non-hydrogen) atoms. The van der Waals surface area contributed by atoms with E-state index in [1.165, 1.54) is 6.20 Å². The van der Waals surface area contributed by atoms with Gasteiger partial charge in [0.2, 0.25) is 0 Å². The Morgan fingerprint density at radius 2 is 2.00 bits per heavy atom. The quantitative estimate of drug-likeness (QED) is 0.572. The van der Waals surface area contributed by atoms with Crippen LogP contribution in [-0.4, -0.2) is 26.6 Å². The molecule has 1 aliphatic carbocycles. The number of anilines is 2. The van der Waals surface area contributed by atoms with Crippen molar-refractivity contribution in [2.75, 3.05) is 10.6 Å². The number of phenols is 1. The first-order valence-electron chi connectivity index (χ1n) is 10.7. The number of aromatic nitrogens is 2. The molecule has 2 aliphatic rings. The molecule has 0 bridgehead atoms. The van der Waals surface area contributed by atoms with E-state index in [0.29, 0.717) is 29.1 Å². The van der Waals surface area contributed by atoms with Gasteiger partial charge in [0.15, 0.2) is 5.78 Å². The number of hydrogen-bond acceptors (Lipinski definition) is 5. The first-order chi connectivity index (χ1) is 15.4. The number of rotatable bonds is 3. The number of aromatic hydroxyl groups is 1. The molecule has 7 nitrogen and oxygen atoms in total. The van der Waals surface area contributed by atoms with Crippen LogP contribution in [-0.2, 0) is 4.79 Å². The first kappa shape index (κ1) is 20.1. The molecule has 0 unspecified atom stereocenters. The molecule has 2 heterocycles. The molecule has 0 fully saturated rings. The zero-order valence-corrected chi connectivity index (χ0v) is 18.0. The van der Waals surface area contributed by atoms with Gasteiger partial charge in [-0.25, -0.2) is 4.68 Å². The molecule has 162 valence electrons. The van der Waals surface area contributed by atoms with E-state index in [1.54, 1.807) is 22.9 Å². The van der Waals surface area contributed by atoms with E-state index >= 15 is 0 Å². The van der Waals surface area contributed by atoms with Crippen molar-refractivity contribution in [1.29, 1.82) is 0 Å². The average Bonchev–Trinajstić information content (AvgIpc) is 3.19. The Kier molecular flexibility index (Phi) is 4.81. The molecule has 7 heteroatoms. The Morgan fingerprint density at radius 3 is 2.78 bits per heavy atom. The molecule has 0 saturated heterocycles. The van der Waals surface area contributed by atoms with Gasteiger partial charge in [0.1, 0.15) is 23.2 Å². The van der Waals surface area contributed by atoms with E-state index in [9.17, 15) is 14.7 Å². The largest absolute Gasteiger partial charge is 0.508 e. The number of ketones is 1. The first-order valence-corrected chi connectivity index (χ1v) is 10.7. The van der Waals surface area contributed by atoms with Crippen molar-refractivity contribution in [3.8, 4) is 5.75 Å². The number of benzene rings is 2. The van der Waals surface area contributed by atoms with Crippen molar-refractivity contribution < 1.29 is 14.7 Å². The molecular formula is C25H24N4O3. The van der Waals surface area contributed by atoms with Gasteiger partial charge >= 0.3 is 0 Å². The zero-order valence-electron chi connectivity index (χ0n) is 18.0. The van der Waals surface area contributed by atoms with Crippen molar-refractivity contribution in [1.82, 2.24) is 9.78 Å². The second-order valence-corrected chi connectivity index (χ2v) is 8.40. The van der Waals surface area contributed by atoms with E-state index in [-0.39, 0.29) is 17.4 Å². The standard InChI is InChI=1S/C25H24N4O3/c1-14-9-10-17(11-15(14)2)27-25(32)19-13-26-29-23(16-5-3-6-18(30)12-16)22-20(28-24(19)29)7-4-8-21(22)31/h3,5-6,9-13,23,28,30H,4,7-8H2,1-2H3,(H,27,32)/t23-/m1/s1. The maximum Gasteiger partial charge on any atom is 0.261 e. The van der Waals surface area contributed by atoms with Crippen molar-refractivity contribution >= 4 is 23.2 Å². The minimum absolute atomic E-state index is 0.0642. The Balaban J connectivity index is 1.56. The number of hydrogen-bond donors (Lipinski definition) is 3.